The molecule has 1 N–H and O–H groups in total. The summed E-state index contributed by atoms with van der Waals surface area (Å²) in [5.74, 6) is 1.53. The first-order chi connectivity index (χ1) is 7.76. The monoisotopic (exact) mass is 215 g/mol. The van der Waals surface area contributed by atoms with Crippen molar-refractivity contribution in [1.82, 2.24) is 4.98 Å². The topological polar surface area (TPSA) is 48.7 Å². The summed E-state index contributed by atoms with van der Waals surface area (Å²) in [7, 11) is 0. The minimum absolute atomic E-state index is 0.529. The number of anilines is 1. The van der Waals surface area contributed by atoms with Gasteiger partial charge in [-0.25, -0.2) is 4.98 Å². The molecule has 1 aliphatic rings. The van der Waals surface area contributed by atoms with Gasteiger partial charge in [0.1, 0.15) is 11.9 Å². The number of nitrogens with zero attached hydrogens (tertiary/aromatic N) is 2. The van der Waals surface area contributed by atoms with Crippen LogP contribution in [0.4, 0.5) is 5.82 Å². The number of hydrogen-bond acceptors (Lipinski definition) is 3. The average Bonchev–Trinajstić information content (AvgIpc) is 2.97. The fourth-order valence-electron chi connectivity index (χ4n) is 2.10. The summed E-state index contributed by atoms with van der Waals surface area (Å²) in [6.45, 7) is 4.16. The van der Waals surface area contributed by atoms with E-state index in [9.17, 15) is 0 Å². The molecule has 0 aromatic carbocycles. The fourth-order valence-corrected chi connectivity index (χ4v) is 2.10. The van der Waals surface area contributed by atoms with Gasteiger partial charge in [0.2, 0.25) is 0 Å². The van der Waals surface area contributed by atoms with Crippen molar-refractivity contribution in [3.63, 3.8) is 0 Å². The molecular formula is C13H17N3. The molecule has 1 fully saturated rings. The van der Waals surface area contributed by atoms with Crippen molar-refractivity contribution in [2.45, 2.75) is 39.2 Å². The van der Waals surface area contributed by atoms with Gasteiger partial charge in [0, 0.05) is 12.2 Å². The molecule has 0 radical (unpaired) electrons. The Kier molecular flexibility index (Phi) is 3.09. The lowest BCUT2D eigenvalue weighted by Gasteiger charge is -2.07. The van der Waals surface area contributed by atoms with Crippen molar-refractivity contribution >= 4 is 5.82 Å². The Balaban J connectivity index is 2.06. The minimum Gasteiger partial charge on any atom is -0.366 e. The van der Waals surface area contributed by atoms with Crippen LogP contribution in [0, 0.1) is 24.2 Å². The number of aryl methyl sites for hydroxylation is 1. The predicted octanol–water partition coefficient (Wildman–Crippen LogP) is 2.86. The van der Waals surface area contributed by atoms with Crippen LogP contribution in [-0.2, 0) is 0 Å². The van der Waals surface area contributed by atoms with Crippen molar-refractivity contribution in [2.24, 2.45) is 5.92 Å². The molecule has 0 spiro atoms. The zero-order valence-electron chi connectivity index (χ0n) is 9.83. The second-order valence-electron chi connectivity index (χ2n) is 4.50. The zero-order chi connectivity index (χ0) is 11.5. The normalized spacial score (nSPS) is 22.6. The molecule has 0 aliphatic heterocycles. The third-order valence-corrected chi connectivity index (χ3v) is 3.18. The molecule has 1 saturated carbocycles. The third-order valence-electron chi connectivity index (χ3n) is 3.18. The second kappa shape index (κ2) is 4.52. The highest BCUT2D eigenvalue weighted by atomic mass is 15.0. The second-order valence-corrected chi connectivity index (χ2v) is 4.50. The van der Waals surface area contributed by atoms with Gasteiger partial charge in [-0.3, -0.25) is 0 Å². The van der Waals surface area contributed by atoms with Gasteiger partial charge in [-0.2, -0.15) is 5.26 Å². The molecule has 0 saturated heterocycles. The molecular weight excluding hydrogens is 198 g/mol. The molecule has 3 heteroatoms. The van der Waals surface area contributed by atoms with Crippen LogP contribution < -0.4 is 5.32 Å². The van der Waals surface area contributed by atoms with Gasteiger partial charge in [-0.1, -0.05) is 13.3 Å². The Morgan fingerprint density at radius 3 is 3.12 bits per heavy atom. The predicted molar refractivity (Wildman–Crippen MR) is 64.1 cm³/mol. The molecule has 2 atom stereocenters. The number of aromatic nitrogens is 1. The number of pyridine rings is 1. The van der Waals surface area contributed by atoms with E-state index in [-0.39, 0.29) is 0 Å². The number of nitriles is 1. The molecule has 1 aliphatic carbocycles. The van der Waals surface area contributed by atoms with Crippen molar-refractivity contribution in [2.75, 3.05) is 5.32 Å². The number of rotatable bonds is 4. The molecule has 16 heavy (non-hydrogen) atoms. The van der Waals surface area contributed by atoms with Gasteiger partial charge in [-0.15, -0.1) is 0 Å². The summed E-state index contributed by atoms with van der Waals surface area (Å²) in [4.78, 5) is 4.25. The Hall–Kier alpha value is -1.56. The average molecular weight is 215 g/mol. The Morgan fingerprint density at radius 2 is 2.44 bits per heavy atom. The smallest absolute Gasteiger partial charge is 0.144 e. The van der Waals surface area contributed by atoms with Crippen LogP contribution in [0.5, 0.6) is 0 Å². The van der Waals surface area contributed by atoms with Crippen molar-refractivity contribution in [3.05, 3.63) is 23.4 Å². The molecule has 2 unspecified atom stereocenters. The van der Waals surface area contributed by atoms with Gasteiger partial charge in [-0.05, 0) is 37.3 Å². The van der Waals surface area contributed by atoms with Crippen LogP contribution in [0.25, 0.3) is 0 Å². The van der Waals surface area contributed by atoms with Crippen LogP contribution in [-0.4, -0.2) is 11.0 Å². The summed E-state index contributed by atoms with van der Waals surface area (Å²) in [6.07, 6.45) is 5.48. The van der Waals surface area contributed by atoms with Crippen LogP contribution >= 0.6 is 0 Å². The van der Waals surface area contributed by atoms with E-state index in [1.165, 1.54) is 19.3 Å². The maximum atomic E-state index is 9.07. The van der Waals surface area contributed by atoms with Gasteiger partial charge >= 0.3 is 0 Å². The van der Waals surface area contributed by atoms with E-state index in [2.05, 4.69) is 23.3 Å². The summed E-state index contributed by atoms with van der Waals surface area (Å²) >= 11 is 0. The largest absolute Gasteiger partial charge is 0.366 e. The highest BCUT2D eigenvalue weighted by Gasteiger charge is 2.36. The van der Waals surface area contributed by atoms with E-state index in [0.717, 1.165) is 17.3 Å². The van der Waals surface area contributed by atoms with E-state index < -0.39 is 0 Å². The molecule has 0 amide bonds. The summed E-state index contributed by atoms with van der Waals surface area (Å²) in [5, 5.41) is 12.4. The maximum absolute atomic E-state index is 9.07. The first-order valence-corrected chi connectivity index (χ1v) is 5.88. The summed E-state index contributed by atoms with van der Waals surface area (Å²) in [5.41, 5.74) is 1.68. The molecule has 0 bridgehead atoms. The molecule has 1 aromatic heterocycles. The summed E-state index contributed by atoms with van der Waals surface area (Å²) in [6, 6.07) is 4.62. The molecule has 3 nitrogen and oxygen atoms in total. The van der Waals surface area contributed by atoms with Gasteiger partial charge in [0.05, 0.1) is 5.56 Å². The molecule has 1 heterocycles. The Bertz CT molecular complexity index is 420. The van der Waals surface area contributed by atoms with Crippen molar-refractivity contribution in [1.29, 1.82) is 5.26 Å². The SMILES string of the molecule is CCCC1CC1Nc1nccc(C)c1C#N. The highest BCUT2D eigenvalue weighted by molar-refractivity contribution is 5.56. The van der Waals surface area contributed by atoms with E-state index in [1.54, 1.807) is 6.20 Å². The number of hydrogen-bond donors (Lipinski definition) is 1. The van der Waals surface area contributed by atoms with Crippen LogP contribution in [0.2, 0.25) is 0 Å². The lowest BCUT2D eigenvalue weighted by atomic mass is 10.1. The van der Waals surface area contributed by atoms with Gasteiger partial charge < -0.3 is 5.32 Å². The standard InChI is InChI=1S/C13H17N3/c1-3-4-10-7-12(10)16-13-11(8-14)9(2)5-6-15-13/h5-6,10,12H,3-4,7H2,1-2H3,(H,15,16). The maximum Gasteiger partial charge on any atom is 0.144 e. The minimum atomic E-state index is 0.529. The lowest BCUT2D eigenvalue weighted by molar-refractivity contribution is 0.692. The Morgan fingerprint density at radius 1 is 1.62 bits per heavy atom. The van der Waals surface area contributed by atoms with Crippen molar-refractivity contribution < 1.29 is 0 Å². The highest BCUT2D eigenvalue weighted by Crippen LogP contribution is 2.37. The van der Waals surface area contributed by atoms with Crippen LogP contribution in [0.3, 0.4) is 0 Å². The van der Waals surface area contributed by atoms with Crippen LogP contribution in [0.1, 0.15) is 37.3 Å². The van der Waals surface area contributed by atoms with E-state index in [1.807, 2.05) is 13.0 Å². The van der Waals surface area contributed by atoms with Gasteiger partial charge in [0.25, 0.3) is 0 Å². The fraction of sp³-hybridized carbons (Fsp3) is 0.538. The van der Waals surface area contributed by atoms with Crippen LogP contribution in [0.15, 0.2) is 12.3 Å². The molecule has 1 aromatic rings. The third kappa shape index (κ3) is 2.16. The summed E-state index contributed by atoms with van der Waals surface area (Å²) < 4.78 is 0. The first-order valence-electron chi connectivity index (χ1n) is 5.88. The lowest BCUT2D eigenvalue weighted by Crippen LogP contribution is -2.08. The quantitative estimate of drug-likeness (QED) is 0.840. The van der Waals surface area contributed by atoms with E-state index >= 15 is 0 Å². The first kappa shape index (κ1) is 10.9. The molecule has 84 valence electrons. The zero-order valence-corrected chi connectivity index (χ0v) is 9.83. The number of nitrogens with one attached hydrogen (secondary N) is 1. The van der Waals surface area contributed by atoms with Crippen molar-refractivity contribution in [3.8, 4) is 6.07 Å². The Labute approximate surface area is 96.5 Å². The van der Waals surface area contributed by atoms with E-state index in [0.29, 0.717) is 11.6 Å². The molecule has 2 rings (SSSR count). The van der Waals surface area contributed by atoms with Gasteiger partial charge in [0.15, 0.2) is 0 Å². The van der Waals surface area contributed by atoms with E-state index in [4.69, 9.17) is 5.26 Å².